The van der Waals surface area contributed by atoms with Crippen LogP contribution in [-0.4, -0.2) is 66.8 Å². The number of halogens is 1. The van der Waals surface area contributed by atoms with Crippen LogP contribution in [0.5, 0.6) is 5.88 Å². The van der Waals surface area contributed by atoms with E-state index in [2.05, 4.69) is 15.1 Å². The van der Waals surface area contributed by atoms with E-state index in [1.165, 1.54) is 13.3 Å². The summed E-state index contributed by atoms with van der Waals surface area (Å²) in [4.78, 5) is 8.19. The van der Waals surface area contributed by atoms with Crippen LogP contribution in [0.4, 0.5) is 4.39 Å². The van der Waals surface area contributed by atoms with Crippen LogP contribution in [0.25, 0.3) is 5.65 Å². The molecule has 0 radical (unpaired) electrons. The van der Waals surface area contributed by atoms with Crippen LogP contribution in [-0.2, 0) is 37.3 Å². The summed E-state index contributed by atoms with van der Waals surface area (Å²) >= 11 is 0. The van der Waals surface area contributed by atoms with Gasteiger partial charge in [0.25, 0.3) is 11.0 Å². The number of nitrogens with zero attached hydrogens (tertiary/aromatic N) is 4. The van der Waals surface area contributed by atoms with Gasteiger partial charge in [-0.2, -0.15) is 4.98 Å². The van der Waals surface area contributed by atoms with Crippen molar-refractivity contribution in [3.63, 3.8) is 0 Å². The number of aromatic nitrogens is 4. The monoisotopic (exact) mass is 558 g/mol. The maximum Gasteiger partial charge on any atom is 0.268 e. The van der Waals surface area contributed by atoms with Crippen LogP contribution in [0.1, 0.15) is 29.9 Å². The molecule has 0 saturated carbocycles. The van der Waals surface area contributed by atoms with Crippen molar-refractivity contribution in [3.05, 3.63) is 83.7 Å². The number of rotatable bonds is 14. The smallest absolute Gasteiger partial charge is 0.268 e. The van der Waals surface area contributed by atoms with Crippen LogP contribution in [0.15, 0.2) is 72.0 Å². The van der Waals surface area contributed by atoms with Crippen molar-refractivity contribution in [1.82, 2.24) is 19.6 Å². The van der Waals surface area contributed by atoms with Crippen molar-refractivity contribution in [3.8, 4) is 5.88 Å². The third kappa shape index (κ3) is 7.15. The third-order valence-corrected chi connectivity index (χ3v) is 6.71. The predicted octanol–water partition coefficient (Wildman–Crippen LogP) is 3.75. The molecule has 0 aliphatic rings. The maximum absolute atomic E-state index is 16.4. The highest BCUT2D eigenvalue weighted by atomic mass is 32.2. The Hall–Kier alpha value is -3.45. The highest BCUT2D eigenvalue weighted by Gasteiger charge is 2.36. The van der Waals surface area contributed by atoms with E-state index in [0.717, 1.165) is 21.9 Å². The summed E-state index contributed by atoms with van der Waals surface area (Å²) in [6, 6.07) is 18.9. The van der Waals surface area contributed by atoms with Crippen molar-refractivity contribution >= 4 is 15.5 Å². The predicted molar refractivity (Wildman–Crippen MR) is 141 cm³/mol. The van der Waals surface area contributed by atoms with Crippen LogP contribution in [0.2, 0.25) is 0 Å². The molecule has 3 atom stereocenters. The summed E-state index contributed by atoms with van der Waals surface area (Å²) in [5.41, 5.74) is 1.84. The second-order valence-electron chi connectivity index (χ2n) is 8.76. The Balaban J connectivity index is 1.66. The van der Waals surface area contributed by atoms with E-state index in [1.54, 1.807) is 6.92 Å². The third-order valence-electron chi connectivity index (χ3n) is 5.87. The van der Waals surface area contributed by atoms with Gasteiger partial charge in [-0.25, -0.2) is 22.3 Å². The van der Waals surface area contributed by atoms with Gasteiger partial charge in [0.15, 0.2) is 6.17 Å². The van der Waals surface area contributed by atoms with Gasteiger partial charge in [0.1, 0.15) is 17.9 Å². The van der Waals surface area contributed by atoms with E-state index in [0.29, 0.717) is 6.61 Å². The second kappa shape index (κ2) is 13.1. The zero-order valence-electron chi connectivity index (χ0n) is 21.9. The van der Waals surface area contributed by atoms with Crippen LogP contribution in [0.3, 0.4) is 0 Å². The molecule has 0 unspecified atom stereocenters. The minimum atomic E-state index is -3.83. The molecule has 4 rings (SSSR count). The first-order valence-corrected chi connectivity index (χ1v) is 14.2. The van der Waals surface area contributed by atoms with Crippen molar-refractivity contribution in [2.75, 3.05) is 26.6 Å². The number of hydrogen-bond donors (Lipinski definition) is 0. The molecule has 0 aliphatic heterocycles. The maximum atomic E-state index is 16.4. The Morgan fingerprint density at radius 3 is 2.23 bits per heavy atom. The van der Waals surface area contributed by atoms with Crippen molar-refractivity contribution in [2.24, 2.45) is 0 Å². The molecule has 0 bridgehead atoms. The van der Waals surface area contributed by atoms with Gasteiger partial charge in [-0.3, -0.25) is 0 Å². The summed E-state index contributed by atoms with van der Waals surface area (Å²) in [6.45, 7) is 2.36. The first-order valence-electron chi connectivity index (χ1n) is 12.3. The number of benzene rings is 2. The molecule has 2 heterocycles. The molecule has 0 saturated heterocycles. The lowest BCUT2D eigenvalue weighted by Gasteiger charge is -2.28. The molecule has 0 fully saturated rings. The van der Waals surface area contributed by atoms with Crippen LogP contribution < -0.4 is 4.74 Å². The fourth-order valence-corrected chi connectivity index (χ4v) is 4.39. The Labute approximate surface area is 226 Å². The summed E-state index contributed by atoms with van der Waals surface area (Å²) in [6.07, 6.45) is -1.58. The Morgan fingerprint density at radius 1 is 1.00 bits per heavy atom. The molecule has 0 spiro atoms. The minimum Gasteiger partial charge on any atom is -0.475 e. The standard InChI is InChI=1S/C27H31FN4O6S/c1-4-37-26-25-29-15-21(32(25)31-27(30-26)39(3,33)34)23(28)24(38-17-20-13-9-6-10-14-20)22(35-2)18-36-16-19-11-7-5-8-12-19/h5-15,22-24H,4,16-18H2,1-3H3/t22-,23+,24-/m1/s1. The number of alkyl halides is 1. The Kier molecular flexibility index (Phi) is 9.57. The van der Waals surface area contributed by atoms with Crippen LogP contribution in [0, 0.1) is 0 Å². The molecule has 2 aromatic carbocycles. The Morgan fingerprint density at radius 2 is 1.64 bits per heavy atom. The molecule has 10 nitrogen and oxygen atoms in total. The SMILES string of the molecule is CCOc1nc(S(C)(=O)=O)nn2c([C@H](F)[C@H](OCc3ccccc3)[C@@H](COCc3ccccc3)OC)cnc12. The first kappa shape index (κ1) is 28.6. The topological polar surface area (TPSA) is 114 Å². The fraction of sp³-hybridized carbons (Fsp3) is 0.370. The molecule has 2 aromatic heterocycles. The average Bonchev–Trinajstić information content (AvgIpc) is 3.37. The number of hydrogen-bond acceptors (Lipinski definition) is 9. The summed E-state index contributed by atoms with van der Waals surface area (Å²) in [5.74, 6) is -0.0670. The summed E-state index contributed by atoms with van der Waals surface area (Å²) < 4.78 is 65.1. The normalized spacial score (nSPS) is 14.3. The average molecular weight is 559 g/mol. The number of sulfone groups is 1. The van der Waals surface area contributed by atoms with Gasteiger partial charge in [-0.05, 0) is 18.1 Å². The lowest BCUT2D eigenvalue weighted by molar-refractivity contribution is -0.125. The molecule has 0 aliphatic carbocycles. The van der Waals surface area contributed by atoms with E-state index in [-0.39, 0.29) is 37.0 Å². The van der Waals surface area contributed by atoms with Gasteiger partial charge in [-0.1, -0.05) is 60.7 Å². The van der Waals surface area contributed by atoms with Crippen molar-refractivity contribution in [1.29, 1.82) is 0 Å². The lowest BCUT2D eigenvalue weighted by atomic mass is 10.1. The van der Waals surface area contributed by atoms with Gasteiger partial charge in [0.05, 0.1) is 32.6 Å². The van der Waals surface area contributed by atoms with E-state index < -0.39 is 33.4 Å². The number of methoxy groups -OCH3 is 1. The molecule has 4 aromatic rings. The van der Waals surface area contributed by atoms with Gasteiger partial charge in [0.2, 0.25) is 15.5 Å². The molecule has 208 valence electrons. The number of ether oxygens (including phenoxy) is 4. The zero-order chi connectivity index (χ0) is 27.8. The van der Waals surface area contributed by atoms with Gasteiger partial charge in [0, 0.05) is 13.4 Å². The quantitative estimate of drug-likeness (QED) is 0.228. The minimum absolute atomic E-state index is 0.0375. The van der Waals surface area contributed by atoms with E-state index >= 15 is 4.39 Å². The molecular weight excluding hydrogens is 527 g/mol. The van der Waals surface area contributed by atoms with Gasteiger partial charge >= 0.3 is 0 Å². The van der Waals surface area contributed by atoms with E-state index in [9.17, 15) is 8.42 Å². The van der Waals surface area contributed by atoms with Crippen molar-refractivity contribution in [2.45, 2.75) is 43.7 Å². The first-order chi connectivity index (χ1) is 18.8. The van der Waals surface area contributed by atoms with Gasteiger partial charge < -0.3 is 18.9 Å². The summed E-state index contributed by atoms with van der Waals surface area (Å²) in [7, 11) is -2.38. The lowest BCUT2D eigenvalue weighted by Crippen LogP contribution is -2.38. The summed E-state index contributed by atoms with van der Waals surface area (Å²) in [5, 5.41) is 3.55. The van der Waals surface area contributed by atoms with E-state index in [4.69, 9.17) is 18.9 Å². The number of imidazole rings is 1. The molecular formula is C27H31FN4O6S. The Bertz CT molecular complexity index is 1450. The molecule has 0 amide bonds. The van der Waals surface area contributed by atoms with E-state index in [1.807, 2.05) is 60.7 Å². The fourth-order valence-electron chi connectivity index (χ4n) is 3.91. The van der Waals surface area contributed by atoms with Gasteiger partial charge in [-0.15, -0.1) is 5.10 Å². The second-order valence-corrected chi connectivity index (χ2v) is 10.7. The van der Waals surface area contributed by atoms with Crippen LogP contribution >= 0.6 is 0 Å². The highest BCUT2D eigenvalue weighted by Crippen LogP contribution is 2.30. The largest absolute Gasteiger partial charge is 0.475 e. The molecule has 39 heavy (non-hydrogen) atoms. The van der Waals surface area contributed by atoms with Crippen molar-refractivity contribution < 1.29 is 31.8 Å². The zero-order valence-corrected chi connectivity index (χ0v) is 22.8. The molecule has 0 N–H and O–H groups in total. The molecule has 12 heteroatoms. The number of fused-ring (bicyclic) bond motifs is 1. The highest BCUT2D eigenvalue weighted by molar-refractivity contribution is 7.90.